The second-order valence-electron chi connectivity index (χ2n) is 5.18. The van der Waals surface area contributed by atoms with Gasteiger partial charge in [-0.3, -0.25) is 5.10 Å². The summed E-state index contributed by atoms with van der Waals surface area (Å²) in [7, 11) is -3.47. The standard InChI is InChI=1S/C12H21N3O2S2/c1-9-11(10(2)15-14-9)19(16,17)13-8-12(18-3)6-4-5-7-12/h13H,4-8H2,1-3H3,(H,14,15). The van der Waals surface area contributed by atoms with Gasteiger partial charge in [-0.05, 0) is 32.9 Å². The molecule has 0 bridgehead atoms. The minimum absolute atomic E-state index is 0.0681. The summed E-state index contributed by atoms with van der Waals surface area (Å²) in [6, 6.07) is 0. The lowest BCUT2D eigenvalue weighted by Gasteiger charge is -2.26. The molecule has 0 aliphatic heterocycles. The van der Waals surface area contributed by atoms with E-state index in [-0.39, 0.29) is 4.75 Å². The van der Waals surface area contributed by atoms with Gasteiger partial charge in [0.05, 0.1) is 11.4 Å². The third-order valence-electron chi connectivity index (χ3n) is 3.86. The second kappa shape index (κ2) is 5.46. The number of nitrogens with one attached hydrogen (secondary N) is 2. The highest BCUT2D eigenvalue weighted by Gasteiger charge is 2.35. The molecule has 1 aromatic rings. The van der Waals surface area contributed by atoms with Gasteiger partial charge in [0.2, 0.25) is 10.0 Å². The first-order chi connectivity index (χ1) is 8.90. The molecule has 7 heteroatoms. The summed E-state index contributed by atoms with van der Waals surface area (Å²) >= 11 is 1.78. The average molecular weight is 303 g/mol. The van der Waals surface area contributed by atoms with E-state index in [1.165, 1.54) is 12.8 Å². The van der Waals surface area contributed by atoms with Crippen LogP contribution in [0, 0.1) is 13.8 Å². The fraction of sp³-hybridized carbons (Fsp3) is 0.750. The Bertz CT molecular complexity index is 526. The van der Waals surface area contributed by atoms with Crippen LogP contribution in [0.2, 0.25) is 0 Å². The number of aromatic amines is 1. The zero-order valence-corrected chi connectivity index (χ0v) is 13.2. The van der Waals surface area contributed by atoms with Gasteiger partial charge in [-0.2, -0.15) is 16.9 Å². The van der Waals surface area contributed by atoms with Crippen molar-refractivity contribution in [2.75, 3.05) is 12.8 Å². The van der Waals surface area contributed by atoms with Gasteiger partial charge in [0, 0.05) is 11.3 Å². The second-order valence-corrected chi connectivity index (χ2v) is 8.16. The largest absolute Gasteiger partial charge is 0.281 e. The molecule has 0 unspecified atom stereocenters. The molecule has 1 heterocycles. The number of hydrogen-bond acceptors (Lipinski definition) is 4. The van der Waals surface area contributed by atoms with E-state index in [1.54, 1.807) is 25.6 Å². The molecule has 0 amide bonds. The van der Waals surface area contributed by atoms with Gasteiger partial charge >= 0.3 is 0 Å². The van der Waals surface area contributed by atoms with Crippen LogP contribution in [0.4, 0.5) is 0 Å². The van der Waals surface area contributed by atoms with E-state index >= 15 is 0 Å². The average Bonchev–Trinajstić information content (AvgIpc) is 2.95. The van der Waals surface area contributed by atoms with Crippen molar-refractivity contribution >= 4 is 21.8 Å². The van der Waals surface area contributed by atoms with Crippen LogP contribution in [0.25, 0.3) is 0 Å². The maximum Gasteiger partial charge on any atom is 0.244 e. The lowest BCUT2D eigenvalue weighted by Crippen LogP contribution is -2.38. The molecular weight excluding hydrogens is 282 g/mol. The minimum atomic E-state index is -3.47. The molecule has 0 radical (unpaired) electrons. The third-order valence-corrected chi connectivity index (χ3v) is 6.94. The summed E-state index contributed by atoms with van der Waals surface area (Å²) in [6.07, 6.45) is 6.60. The Morgan fingerprint density at radius 3 is 2.47 bits per heavy atom. The van der Waals surface area contributed by atoms with E-state index in [0.717, 1.165) is 12.8 Å². The Hall–Kier alpha value is -0.530. The summed E-state index contributed by atoms with van der Waals surface area (Å²) in [5.74, 6) is 0. The number of rotatable bonds is 5. The molecule has 108 valence electrons. The van der Waals surface area contributed by atoms with E-state index in [1.807, 2.05) is 0 Å². The number of H-pyrrole nitrogens is 1. The number of aromatic nitrogens is 2. The first-order valence-corrected chi connectivity index (χ1v) is 9.17. The number of thioether (sulfide) groups is 1. The molecule has 1 aromatic heterocycles. The first-order valence-electron chi connectivity index (χ1n) is 6.47. The molecule has 2 N–H and O–H groups in total. The van der Waals surface area contributed by atoms with Gasteiger partial charge in [-0.25, -0.2) is 13.1 Å². The first kappa shape index (κ1) is 14.9. The molecule has 1 aliphatic carbocycles. The summed E-state index contributed by atoms with van der Waals surface area (Å²) in [4.78, 5) is 0.293. The van der Waals surface area contributed by atoms with Crippen LogP contribution in [0.3, 0.4) is 0 Å². The van der Waals surface area contributed by atoms with Crippen molar-refractivity contribution in [1.82, 2.24) is 14.9 Å². The molecule has 1 aliphatic rings. The fourth-order valence-electron chi connectivity index (χ4n) is 2.71. The zero-order valence-electron chi connectivity index (χ0n) is 11.6. The number of hydrogen-bond donors (Lipinski definition) is 2. The molecule has 0 aromatic carbocycles. The molecular formula is C12H21N3O2S2. The molecule has 0 spiro atoms. The quantitative estimate of drug-likeness (QED) is 0.872. The zero-order chi connectivity index (χ0) is 14.1. The lowest BCUT2D eigenvalue weighted by atomic mass is 10.1. The fourth-order valence-corrected chi connectivity index (χ4v) is 5.21. The highest BCUT2D eigenvalue weighted by atomic mass is 32.2. The van der Waals surface area contributed by atoms with Crippen LogP contribution in [0.1, 0.15) is 37.1 Å². The van der Waals surface area contributed by atoms with Crippen molar-refractivity contribution in [2.45, 2.75) is 49.2 Å². The molecule has 19 heavy (non-hydrogen) atoms. The summed E-state index contributed by atoms with van der Waals surface area (Å²) in [5.41, 5.74) is 1.12. The maximum atomic E-state index is 12.4. The van der Waals surface area contributed by atoms with Crippen molar-refractivity contribution in [1.29, 1.82) is 0 Å². The van der Waals surface area contributed by atoms with E-state index in [0.29, 0.717) is 22.8 Å². The Kier molecular flexibility index (Phi) is 4.27. The van der Waals surface area contributed by atoms with Crippen molar-refractivity contribution in [3.63, 3.8) is 0 Å². The lowest BCUT2D eigenvalue weighted by molar-refractivity contribution is 0.550. The predicted octanol–water partition coefficient (Wildman–Crippen LogP) is 1.98. The summed E-state index contributed by atoms with van der Waals surface area (Å²) in [5, 5.41) is 6.67. The predicted molar refractivity (Wildman–Crippen MR) is 78.0 cm³/mol. The Morgan fingerprint density at radius 2 is 2.00 bits per heavy atom. The normalized spacial score (nSPS) is 18.9. The van der Waals surface area contributed by atoms with Gasteiger partial charge in [0.1, 0.15) is 4.90 Å². The van der Waals surface area contributed by atoms with E-state index in [4.69, 9.17) is 0 Å². The highest BCUT2D eigenvalue weighted by Crippen LogP contribution is 2.39. The van der Waals surface area contributed by atoms with Crippen molar-refractivity contribution in [3.05, 3.63) is 11.4 Å². The van der Waals surface area contributed by atoms with Crippen molar-refractivity contribution in [2.24, 2.45) is 0 Å². The molecule has 0 atom stereocenters. The van der Waals surface area contributed by atoms with Gasteiger partial charge in [-0.15, -0.1) is 0 Å². The third kappa shape index (κ3) is 2.98. The minimum Gasteiger partial charge on any atom is -0.281 e. The van der Waals surface area contributed by atoms with E-state index in [9.17, 15) is 8.42 Å². The molecule has 5 nitrogen and oxygen atoms in total. The number of nitrogens with zero attached hydrogens (tertiary/aromatic N) is 1. The van der Waals surface area contributed by atoms with Gasteiger partial charge in [0.15, 0.2) is 0 Å². The van der Waals surface area contributed by atoms with Crippen LogP contribution in [-0.2, 0) is 10.0 Å². The van der Waals surface area contributed by atoms with Crippen molar-refractivity contribution < 1.29 is 8.42 Å². The van der Waals surface area contributed by atoms with Gasteiger partial charge in [0.25, 0.3) is 0 Å². The SMILES string of the molecule is CSC1(CNS(=O)(=O)c2c(C)n[nH]c2C)CCCC1. The number of aryl methyl sites for hydroxylation is 2. The van der Waals surface area contributed by atoms with Gasteiger partial charge < -0.3 is 0 Å². The Morgan fingerprint density at radius 1 is 1.37 bits per heavy atom. The molecule has 0 saturated heterocycles. The van der Waals surface area contributed by atoms with Crippen LogP contribution in [0.5, 0.6) is 0 Å². The Balaban J connectivity index is 2.14. The molecule has 2 rings (SSSR count). The van der Waals surface area contributed by atoms with Crippen molar-refractivity contribution in [3.8, 4) is 0 Å². The Labute approximate surface area is 119 Å². The maximum absolute atomic E-state index is 12.4. The van der Waals surface area contributed by atoms with Crippen LogP contribution in [-0.4, -0.2) is 36.2 Å². The van der Waals surface area contributed by atoms with E-state index in [2.05, 4.69) is 21.2 Å². The highest BCUT2D eigenvalue weighted by molar-refractivity contribution is 8.00. The molecule has 1 fully saturated rings. The summed E-state index contributed by atoms with van der Waals surface area (Å²) < 4.78 is 27.6. The van der Waals surface area contributed by atoms with Crippen LogP contribution in [0.15, 0.2) is 4.90 Å². The monoisotopic (exact) mass is 303 g/mol. The summed E-state index contributed by atoms with van der Waals surface area (Å²) in [6.45, 7) is 3.94. The van der Waals surface area contributed by atoms with Crippen LogP contribution >= 0.6 is 11.8 Å². The van der Waals surface area contributed by atoms with Crippen LogP contribution < -0.4 is 4.72 Å². The van der Waals surface area contributed by atoms with Gasteiger partial charge in [-0.1, -0.05) is 12.8 Å². The van der Waals surface area contributed by atoms with E-state index < -0.39 is 10.0 Å². The number of sulfonamides is 1. The topological polar surface area (TPSA) is 74.8 Å². The molecule has 1 saturated carbocycles. The smallest absolute Gasteiger partial charge is 0.244 e.